The van der Waals surface area contributed by atoms with Gasteiger partial charge in [-0.15, -0.1) is 0 Å². The molecule has 0 aromatic heterocycles. The van der Waals surface area contributed by atoms with Crippen LogP contribution in [-0.2, 0) is 9.59 Å². The summed E-state index contributed by atoms with van der Waals surface area (Å²) in [5, 5.41) is 3.00. The molecule has 1 aromatic rings. The van der Waals surface area contributed by atoms with E-state index in [1.54, 1.807) is 0 Å². The zero-order valence-corrected chi connectivity index (χ0v) is 15.7. The van der Waals surface area contributed by atoms with E-state index in [0.29, 0.717) is 6.54 Å². The molecule has 0 spiro atoms. The molecule has 2 rings (SSSR count). The number of nitrogens with two attached hydrogens (primary N) is 1. The van der Waals surface area contributed by atoms with E-state index in [-0.39, 0.29) is 17.7 Å². The van der Waals surface area contributed by atoms with Crippen LogP contribution >= 0.6 is 15.9 Å². The lowest BCUT2D eigenvalue weighted by Gasteiger charge is -2.36. The van der Waals surface area contributed by atoms with Crippen LogP contribution in [0.15, 0.2) is 28.7 Å². The van der Waals surface area contributed by atoms with Crippen LogP contribution in [0.4, 0.5) is 0 Å². The van der Waals surface area contributed by atoms with Crippen LogP contribution < -0.4 is 11.1 Å². The van der Waals surface area contributed by atoms with Gasteiger partial charge in [-0.05, 0) is 43.5 Å². The standard InChI is InChI=1S/C18H26BrN3O2/c1-2-3-10-21-18(24)14-5-4-11-22(12-14)16(17(20)23)13-6-8-15(19)9-7-13/h6-9,14,16H,2-5,10-12H2,1H3,(H2,20,23)(H,21,24). The molecule has 3 N–H and O–H groups in total. The molecule has 5 nitrogen and oxygen atoms in total. The summed E-state index contributed by atoms with van der Waals surface area (Å²) in [6, 6.07) is 7.15. The third-order valence-corrected chi connectivity index (χ3v) is 5.00. The number of nitrogens with one attached hydrogen (secondary N) is 1. The fourth-order valence-electron chi connectivity index (χ4n) is 3.19. The number of rotatable bonds is 7. The first kappa shape index (κ1) is 18.9. The van der Waals surface area contributed by atoms with Gasteiger partial charge in [0.2, 0.25) is 11.8 Å². The van der Waals surface area contributed by atoms with Crippen molar-refractivity contribution in [3.05, 3.63) is 34.3 Å². The summed E-state index contributed by atoms with van der Waals surface area (Å²) in [5.41, 5.74) is 6.54. The van der Waals surface area contributed by atoms with Gasteiger partial charge in [0.05, 0.1) is 5.92 Å². The first-order valence-corrected chi connectivity index (χ1v) is 9.38. The van der Waals surface area contributed by atoms with Crippen LogP contribution in [0.3, 0.4) is 0 Å². The van der Waals surface area contributed by atoms with Crippen LogP contribution in [0.5, 0.6) is 0 Å². The first-order valence-electron chi connectivity index (χ1n) is 8.59. The molecule has 6 heteroatoms. The van der Waals surface area contributed by atoms with Crippen LogP contribution in [0.2, 0.25) is 0 Å². The molecule has 0 radical (unpaired) electrons. The number of piperidine rings is 1. The minimum Gasteiger partial charge on any atom is -0.368 e. The Morgan fingerprint density at radius 3 is 2.71 bits per heavy atom. The second kappa shape index (κ2) is 9.18. The highest BCUT2D eigenvalue weighted by atomic mass is 79.9. The van der Waals surface area contributed by atoms with Crippen molar-refractivity contribution in [3.8, 4) is 0 Å². The van der Waals surface area contributed by atoms with Crippen molar-refractivity contribution in [2.75, 3.05) is 19.6 Å². The third-order valence-electron chi connectivity index (χ3n) is 4.47. The van der Waals surface area contributed by atoms with Crippen molar-refractivity contribution < 1.29 is 9.59 Å². The van der Waals surface area contributed by atoms with Crippen molar-refractivity contribution in [2.45, 2.75) is 38.6 Å². The topological polar surface area (TPSA) is 75.4 Å². The number of unbranched alkanes of at least 4 members (excludes halogenated alkanes) is 1. The van der Waals surface area contributed by atoms with E-state index in [1.807, 2.05) is 29.2 Å². The maximum atomic E-state index is 12.3. The van der Waals surface area contributed by atoms with Gasteiger partial charge in [0.15, 0.2) is 0 Å². The predicted octanol–water partition coefficient (Wildman–Crippen LogP) is 2.60. The molecule has 0 aliphatic carbocycles. The van der Waals surface area contributed by atoms with Gasteiger partial charge in [0.25, 0.3) is 0 Å². The van der Waals surface area contributed by atoms with Crippen LogP contribution in [0.25, 0.3) is 0 Å². The van der Waals surface area contributed by atoms with Crippen molar-refractivity contribution in [3.63, 3.8) is 0 Å². The van der Waals surface area contributed by atoms with E-state index >= 15 is 0 Å². The largest absolute Gasteiger partial charge is 0.368 e. The molecular weight excluding hydrogens is 370 g/mol. The van der Waals surface area contributed by atoms with Gasteiger partial charge < -0.3 is 11.1 Å². The molecule has 1 aromatic carbocycles. The Hall–Kier alpha value is -1.40. The summed E-state index contributed by atoms with van der Waals surface area (Å²) < 4.78 is 0.960. The number of nitrogens with zero attached hydrogens (tertiary/aromatic N) is 1. The number of hydrogen-bond acceptors (Lipinski definition) is 3. The number of amides is 2. The highest BCUT2D eigenvalue weighted by Gasteiger charge is 2.33. The van der Waals surface area contributed by atoms with Crippen LogP contribution in [0, 0.1) is 5.92 Å². The first-order chi connectivity index (χ1) is 11.5. The molecule has 0 bridgehead atoms. The Morgan fingerprint density at radius 1 is 1.38 bits per heavy atom. The summed E-state index contributed by atoms with van der Waals surface area (Å²) in [5.74, 6) is -0.357. The lowest BCUT2D eigenvalue weighted by Crippen LogP contribution is -2.47. The quantitative estimate of drug-likeness (QED) is 0.696. The summed E-state index contributed by atoms with van der Waals surface area (Å²) in [7, 11) is 0. The molecule has 2 atom stereocenters. The monoisotopic (exact) mass is 395 g/mol. The molecule has 132 valence electrons. The van der Waals surface area contributed by atoms with E-state index in [9.17, 15) is 9.59 Å². The average molecular weight is 396 g/mol. The molecular formula is C18H26BrN3O2. The zero-order chi connectivity index (χ0) is 17.5. The molecule has 2 amide bonds. The normalized spacial score (nSPS) is 19.7. The second-order valence-corrected chi connectivity index (χ2v) is 7.25. The minimum absolute atomic E-state index is 0.0760. The number of hydrogen-bond donors (Lipinski definition) is 2. The second-order valence-electron chi connectivity index (χ2n) is 6.34. The minimum atomic E-state index is -0.482. The molecule has 24 heavy (non-hydrogen) atoms. The molecule has 1 heterocycles. The van der Waals surface area contributed by atoms with Gasteiger partial charge >= 0.3 is 0 Å². The predicted molar refractivity (Wildman–Crippen MR) is 98.3 cm³/mol. The Balaban J connectivity index is 2.06. The van der Waals surface area contributed by atoms with E-state index in [2.05, 4.69) is 28.2 Å². The SMILES string of the molecule is CCCCNC(=O)C1CCCN(C(C(N)=O)c2ccc(Br)cc2)C1. The smallest absolute Gasteiger partial charge is 0.239 e. The van der Waals surface area contributed by atoms with Gasteiger partial charge in [-0.3, -0.25) is 14.5 Å². The summed E-state index contributed by atoms with van der Waals surface area (Å²) in [4.78, 5) is 26.4. The Morgan fingerprint density at radius 2 is 2.08 bits per heavy atom. The van der Waals surface area contributed by atoms with Crippen molar-refractivity contribution in [2.24, 2.45) is 11.7 Å². The average Bonchev–Trinajstić information content (AvgIpc) is 2.57. The molecule has 2 unspecified atom stereocenters. The lowest BCUT2D eigenvalue weighted by atomic mass is 9.93. The van der Waals surface area contributed by atoms with E-state index < -0.39 is 6.04 Å². The van der Waals surface area contributed by atoms with Gasteiger partial charge in [-0.2, -0.15) is 0 Å². The van der Waals surface area contributed by atoms with Crippen molar-refractivity contribution >= 4 is 27.7 Å². The molecule has 1 aliphatic rings. The molecule has 1 fully saturated rings. The number of carbonyl (C=O) groups is 2. The van der Waals surface area contributed by atoms with Crippen LogP contribution in [-0.4, -0.2) is 36.3 Å². The van der Waals surface area contributed by atoms with Crippen LogP contribution in [0.1, 0.15) is 44.2 Å². The number of halogens is 1. The van der Waals surface area contributed by atoms with Gasteiger partial charge in [-0.1, -0.05) is 41.4 Å². The van der Waals surface area contributed by atoms with Gasteiger partial charge in [0.1, 0.15) is 6.04 Å². The highest BCUT2D eigenvalue weighted by molar-refractivity contribution is 9.10. The summed E-state index contributed by atoms with van der Waals surface area (Å²) in [6.07, 6.45) is 3.81. The van der Waals surface area contributed by atoms with E-state index in [4.69, 9.17) is 5.73 Å². The van der Waals surface area contributed by atoms with Gasteiger partial charge in [0, 0.05) is 17.6 Å². The highest BCUT2D eigenvalue weighted by Crippen LogP contribution is 2.28. The maximum absolute atomic E-state index is 12.3. The molecule has 0 saturated carbocycles. The Labute approximate surface area is 152 Å². The van der Waals surface area contributed by atoms with Crippen molar-refractivity contribution in [1.82, 2.24) is 10.2 Å². The van der Waals surface area contributed by atoms with Crippen molar-refractivity contribution in [1.29, 1.82) is 0 Å². The summed E-state index contributed by atoms with van der Waals surface area (Å²) in [6.45, 7) is 4.17. The van der Waals surface area contributed by atoms with Gasteiger partial charge in [-0.25, -0.2) is 0 Å². The Kier molecular flexibility index (Phi) is 7.24. The number of benzene rings is 1. The van der Waals surface area contributed by atoms with E-state index in [0.717, 1.165) is 48.8 Å². The molecule has 1 aliphatic heterocycles. The Bertz CT molecular complexity index is 562. The molecule has 1 saturated heterocycles. The lowest BCUT2D eigenvalue weighted by molar-refractivity contribution is -0.130. The fourth-order valence-corrected chi connectivity index (χ4v) is 3.45. The summed E-state index contributed by atoms with van der Waals surface area (Å²) >= 11 is 3.40. The number of carbonyl (C=O) groups excluding carboxylic acids is 2. The number of primary amides is 1. The third kappa shape index (κ3) is 5.05. The van der Waals surface area contributed by atoms with E-state index in [1.165, 1.54) is 0 Å². The fraction of sp³-hybridized carbons (Fsp3) is 0.556. The number of likely N-dealkylation sites (tertiary alicyclic amines) is 1. The maximum Gasteiger partial charge on any atom is 0.239 e. The zero-order valence-electron chi connectivity index (χ0n) is 14.1.